The normalized spacial score (nSPS) is 13.6. The molecule has 6 nitrogen and oxygen atoms in total. The lowest BCUT2D eigenvalue weighted by Crippen LogP contribution is -2.24. The molecule has 2 aromatic carbocycles. The first-order chi connectivity index (χ1) is 14.7. The van der Waals surface area contributed by atoms with Crippen molar-refractivity contribution in [1.82, 2.24) is 15.0 Å². The van der Waals surface area contributed by atoms with Crippen molar-refractivity contribution in [1.29, 1.82) is 0 Å². The van der Waals surface area contributed by atoms with E-state index in [1.165, 1.54) is 6.42 Å². The van der Waals surface area contributed by atoms with Gasteiger partial charge in [0.15, 0.2) is 0 Å². The van der Waals surface area contributed by atoms with Crippen molar-refractivity contribution in [3.63, 3.8) is 0 Å². The van der Waals surface area contributed by atoms with Crippen LogP contribution in [0.3, 0.4) is 0 Å². The average molecular weight is 462 g/mol. The third-order valence-electron chi connectivity index (χ3n) is 5.04. The van der Waals surface area contributed by atoms with Gasteiger partial charge in [0.25, 0.3) is 0 Å². The fraction of sp³-hybridized carbons (Fsp3) is 0.174. The Kier molecular flexibility index (Phi) is 5.19. The topological polar surface area (TPSA) is 72.0 Å². The zero-order chi connectivity index (χ0) is 20.3. The molecule has 0 aliphatic heterocycles. The summed E-state index contributed by atoms with van der Waals surface area (Å²) in [6.45, 7) is 0. The molecule has 2 heterocycles. The Balaban J connectivity index is 1.28. The van der Waals surface area contributed by atoms with E-state index in [1.54, 1.807) is 12.4 Å². The first kappa shape index (κ1) is 18.8. The standard InChI is InChI=1S/C23H20BrN5O/c24-16-4-9-21-15(12-16)13-18(14-26-21)27-22-10-11-25-23(29-22)28-17-5-7-20(8-6-17)30-19-2-1-3-19/h4-14,19H,1-3H2,(H2,25,27,28,29). The molecule has 0 radical (unpaired) electrons. The largest absolute Gasteiger partial charge is 0.490 e. The smallest absolute Gasteiger partial charge is 0.229 e. The van der Waals surface area contributed by atoms with Crippen molar-refractivity contribution in [2.45, 2.75) is 25.4 Å². The van der Waals surface area contributed by atoms with Crippen molar-refractivity contribution in [3.05, 3.63) is 71.5 Å². The third-order valence-corrected chi connectivity index (χ3v) is 5.53. The molecule has 2 aromatic heterocycles. The summed E-state index contributed by atoms with van der Waals surface area (Å²) in [5.41, 5.74) is 2.71. The average Bonchev–Trinajstić information content (AvgIpc) is 2.72. The van der Waals surface area contributed by atoms with E-state index in [0.717, 1.165) is 45.3 Å². The monoisotopic (exact) mass is 461 g/mol. The van der Waals surface area contributed by atoms with E-state index in [4.69, 9.17) is 4.74 Å². The van der Waals surface area contributed by atoms with E-state index in [9.17, 15) is 0 Å². The number of ether oxygens (including phenoxy) is 1. The van der Waals surface area contributed by atoms with Gasteiger partial charge in [0.1, 0.15) is 11.6 Å². The summed E-state index contributed by atoms with van der Waals surface area (Å²) in [5, 5.41) is 7.58. The molecule has 0 unspecified atom stereocenters. The van der Waals surface area contributed by atoms with E-state index in [2.05, 4.69) is 41.5 Å². The van der Waals surface area contributed by atoms with Crippen LogP contribution in [0.15, 0.2) is 71.5 Å². The molecule has 30 heavy (non-hydrogen) atoms. The Labute approximate surface area is 182 Å². The Hall–Kier alpha value is -3.19. The van der Waals surface area contributed by atoms with Crippen LogP contribution in [0.4, 0.5) is 23.1 Å². The highest BCUT2D eigenvalue weighted by atomic mass is 79.9. The maximum atomic E-state index is 5.90. The third kappa shape index (κ3) is 4.36. The highest BCUT2D eigenvalue weighted by molar-refractivity contribution is 9.10. The van der Waals surface area contributed by atoms with Crippen LogP contribution >= 0.6 is 15.9 Å². The minimum Gasteiger partial charge on any atom is -0.490 e. The Morgan fingerprint density at radius 2 is 1.77 bits per heavy atom. The molecular weight excluding hydrogens is 442 g/mol. The van der Waals surface area contributed by atoms with Crippen LogP contribution in [-0.4, -0.2) is 21.1 Å². The van der Waals surface area contributed by atoms with E-state index in [0.29, 0.717) is 17.9 Å². The van der Waals surface area contributed by atoms with Crippen molar-refractivity contribution < 1.29 is 4.74 Å². The van der Waals surface area contributed by atoms with Gasteiger partial charge in [-0.2, -0.15) is 4.98 Å². The number of halogens is 1. The number of aromatic nitrogens is 3. The van der Waals surface area contributed by atoms with E-state index in [1.807, 2.05) is 54.6 Å². The van der Waals surface area contributed by atoms with Gasteiger partial charge in [-0.3, -0.25) is 4.98 Å². The molecule has 1 saturated carbocycles. The molecule has 1 aliphatic carbocycles. The number of nitrogens with one attached hydrogen (secondary N) is 2. The second-order valence-electron chi connectivity index (χ2n) is 7.27. The number of benzene rings is 2. The van der Waals surface area contributed by atoms with Gasteiger partial charge in [0.2, 0.25) is 5.95 Å². The molecule has 4 aromatic rings. The van der Waals surface area contributed by atoms with Crippen LogP contribution in [0.25, 0.3) is 10.9 Å². The molecule has 1 fully saturated rings. The molecule has 0 amide bonds. The minimum absolute atomic E-state index is 0.376. The second-order valence-corrected chi connectivity index (χ2v) is 8.19. The maximum absolute atomic E-state index is 5.90. The van der Waals surface area contributed by atoms with Gasteiger partial charge in [0.05, 0.1) is 23.5 Å². The number of hydrogen-bond acceptors (Lipinski definition) is 6. The number of rotatable bonds is 6. The summed E-state index contributed by atoms with van der Waals surface area (Å²) in [6.07, 6.45) is 7.46. The molecule has 5 rings (SSSR count). The SMILES string of the molecule is Brc1ccc2ncc(Nc3ccnc(Nc4ccc(OC5CCC5)cc4)n3)cc2c1. The van der Waals surface area contributed by atoms with Gasteiger partial charge in [-0.15, -0.1) is 0 Å². The molecule has 0 spiro atoms. The Morgan fingerprint density at radius 1 is 0.900 bits per heavy atom. The van der Waals surface area contributed by atoms with Crippen molar-refractivity contribution in [2.24, 2.45) is 0 Å². The highest BCUT2D eigenvalue weighted by Gasteiger charge is 2.18. The molecule has 2 N–H and O–H groups in total. The highest BCUT2D eigenvalue weighted by Crippen LogP contribution is 2.27. The fourth-order valence-electron chi connectivity index (χ4n) is 3.23. The summed E-state index contributed by atoms with van der Waals surface area (Å²) in [7, 11) is 0. The lowest BCUT2D eigenvalue weighted by molar-refractivity contribution is 0.120. The van der Waals surface area contributed by atoms with Gasteiger partial charge in [0, 0.05) is 21.7 Å². The molecular formula is C23H20BrN5O. The fourth-order valence-corrected chi connectivity index (χ4v) is 3.61. The molecule has 0 atom stereocenters. The van der Waals surface area contributed by atoms with Gasteiger partial charge in [-0.05, 0) is 73.9 Å². The number of pyridine rings is 1. The summed E-state index contributed by atoms with van der Waals surface area (Å²) in [5.74, 6) is 2.11. The number of fused-ring (bicyclic) bond motifs is 1. The Bertz CT molecular complexity index is 1180. The number of nitrogens with zero attached hydrogens (tertiary/aromatic N) is 3. The summed E-state index contributed by atoms with van der Waals surface area (Å²) >= 11 is 3.50. The van der Waals surface area contributed by atoms with Gasteiger partial charge in [-0.25, -0.2) is 4.98 Å². The first-order valence-electron chi connectivity index (χ1n) is 9.90. The van der Waals surface area contributed by atoms with Crippen molar-refractivity contribution in [2.75, 3.05) is 10.6 Å². The summed E-state index contributed by atoms with van der Waals surface area (Å²) in [4.78, 5) is 13.4. The predicted molar refractivity (Wildman–Crippen MR) is 123 cm³/mol. The van der Waals surface area contributed by atoms with Crippen LogP contribution in [0.1, 0.15) is 19.3 Å². The zero-order valence-corrected chi connectivity index (χ0v) is 17.8. The van der Waals surface area contributed by atoms with Crippen molar-refractivity contribution in [3.8, 4) is 5.75 Å². The zero-order valence-electron chi connectivity index (χ0n) is 16.2. The number of anilines is 4. The van der Waals surface area contributed by atoms with E-state index >= 15 is 0 Å². The lowest BCUT2D eigenvalue weighted by Gasteiger charge is -2.26. The molecule has 150 valence electrons. The van der Waals surface area contributed by atoms with Crippen LogP contribution in [0.2, 0.25) is 0 Å². The molecule has 0 saturated heterocycles. The minimum atomic E-state index is 0.376. The van der Waals surface area contributed by atoms with Crippen LogP contribution in [-0.2, 0) is 0 Å². The van der Waals surface area contributed by atoms with Crippen LogP contribution in [0, 0.1) is 0 Å². The maximum Gasteiger partial charge on any atom is 0.229 e. The van der Waals surface area contributed by atoms with E-state index in [-0.39, 0.29) is 0 Å². The van der Waals surface area contributed by atoms with Crippen LogP contribution < -0.4 is 15.4 Å². The van der Waals surface area contributed by atoms with Crippen molar-refractivity contribution >= 4 is 50.0 Å². The van der Waals surface area contributed by atoms with Gasteiger partial charge < -0.3 is 15.4 Å². The van der Waals surface area contributed by atoms with Gasteiger partial charge >= 0.3 is 0 Å². The lowest BCUT2D eigenvalue weighted by atomic mass is 9.96. The number of hydrogen-bond donors (Lipinski definition) is 2. The van der Waals surface area contributed by atoms with E-state index < -0.39 is 0 Å². The Morgan fingerprint density at radius 3 is 2.57 bits per heavy atom. The van der Waals surface area contributed by atoms with Gasteiger partial charge in [-0.1, -0.05) is 15.9 Å². The first-order valence-corrected chi connectivity index (χ1v) is 10.7. The molecule has 1 aliphatic rings. The summed E-state index contributed by atoms with van der Waals surface area (Å²) in [6, 6.07) is 17.8. The predicted octanol–water partition coefficient (Wildman–Crippen LogP) is 6.21. The second kappa shape index (κ2) is 8.28. The molecule has 0 bridgehead atoms. The summed E-state index contributed by atoms with van der Waals surface area (Å²) < 4.78 is 6.92. The quantitative estimate of drug-likeness (QED) is 0.355. The van der Waals surface area contributed by atoms with Crippen LogP contribution in [0.5, 0.6) is 5.75 Å². The molecule has 7 heteroatoms.